The molecule has 76 valence electrons. The van der Waals surface area contributed by atoms with E-state index in [4.69, 9.17) is 9.47 Å². The second kappa shape index (κ2) is 4.51. The topological polar surface area (TPSA) is 31.4 Å². The van der Waals surface area contributed by atoms with E-state index in [1.165, 1.54) is 0 Å². The number of halogens is 1. The standard InChI is InChI=1S/C9H10BrNO2S/c1-14-9-3-6(2-8(10)11-9)13-7-4-12-5-7/h2-3,7H,4-5H2,1H3. The van der Waals surface area contributed by atoms with E-state index in [0.29, 0.717) is 13.2 Å². The maximum absolute atomic E-state index is 5.67. The summed E-state index contributed by atoms with van der Waals surface area (Å²) in [4.78, 5) is 4.27. The third kappa shape index (κ3) is 2.40. The van der Waals surface area contributed by atoms with Crippen molar-refractivity contribution in [2.24, 2.45) is 0 Å². The van der Waals surface area contributed by atoms with Crippen molar-refractivity contribution in [3.8, 4) is 5.75 Å². The summed E-state index contributed by atoms with van der Waals surface area (Å²) < 4.78 is 11.5. The highest BCUT2D eigenvalue weighted by molar-refractivity contribution is 9.10. The minimum absolute atomic E-state index is 0.207. The van der Waals surface area contributed by atoms with Gasteiger partial charge in [-0.25, -0.2) is 4.98 Å². The summed E-state index contributed by atoms with van der Waals surface area (Å²) in [6, 6.07) is 3.81. The highest BCUT2D eigenvalue weighted by Gasteiger charge is 2.20. The predicted octanol–water partition coefficient (Wildman–Crippen LogP) is 2.34. The van der Waals surface area contributed by atoms with E-state index >= 15 is 0 Å². The minimum Gasteiger partial charge on any atom is -0.485 e. The Morgan fingerprint density at radius 3 is 2.93 bits per heavy atom. The fraction of sp³-hybridized carbons (Fsp3) is 0.444. The molecule has 1 aromatic rings. The molecular formula is C9H10BrNO2S. The lowest BCUT2D eigenvalue weighted by Gasteiger charge is -2.26. The molecule has 0 saturated carbocycles. The van der Waals surface area contributed by atoms with Crippen LogP contribution in [0.5, 0.6) is 5.75 Å². The number of rotatable bonds is 3. The van der Waals surface area contributed by atoms with Crippen LogP contribution in [0.25, 0.3) is 0 Å². The summed E-state index contributed by atoms with van der Waals surface area (Å²) in [6.45, 7) is 1.38. The van der Waals surface area contributed by atoms with Gasteiger partial charge in [-0.3, -0.25) is 0 Å². The molecule has 0 radical (unpaired) electrons. The van der Waals surface area contributed by atoms with E-state index in [-0.39, 0.29) is 6.10 Å². The van der Waals surface area contributed by atoms with Gasteiger partial charge < -0.3 is 9.47 Å². The SMILES string of the molecule is CSc1cc(OC2COC2)cc(Br)n1. The van der Waals surface area contributed by atoms with Gasteiger partial charge in [0.15, 0.2) is 0 Å². The number of ether oxygens (including phenoxy) is 2. The van der Waals surface area contributed by atoms with Gasteiger partial charge in [-0.2, -0.15) is 0 Å². The van der Waals surface area contributed by atoms with E-state index in [9.17, 15) is 0 Å². The summed E-state index contributed by atoms with van der Waals surface area (Å²) in [6.07, 6.45) is 2.20. The first kappa shape index (κ1) is 10.3. The van der Waals surface area contributed by atoms with E-state index < -0.39 is 0 Å². The molecule has 0 spiro atoms. The molecular weight excluding hydrogens is 266 g/mol. The van der Waals surface area contributed by atoms with E-state index in [1.54, 1.807) is 11.8 Å². The number of nitrogens with zero attached hydrogens (tertiary/aromatic N) is 1. The van der Waals surface area contributed by atoms with Crippen LogP contribution >= 0.6 is 27.7 Å². The van der Waals surface area contributed by atoms with Crippen molar-refractivity contribution in [2.45, 2.75) is 11.1 Å². The Hall–Kier alpha value is -0.260. The van der Waals surface area contributed by atoms with Gasteiger partial charge in [0.05, 0.1) is 13.2 Å². The van der Waals surface area contributed by atoms with Crippen LogP contribution in [0.3, 0.4) is 0 Å². The average Bonchev–Trinajstić information content (AvgIpc) is 2.10. The lowest BCUT2D eigenvalue weighted by atomic mass is 10.3. The highest BCUT2D eigenvalue weighted by Crippen LogP contribution is 2.25. The zero-order valence-electron chi connectivity index (χ0n) is 7.70. The maximum atomic E-state index is 5.67. The van der Waals surface area contributed by atoms with E-state index in [1.807, 2.05) is 18.4 Å². The molecule has 0 aliphatic carbocycles. The number of thioether (sulfide) groups is 1. The second-order valence-electron chi connectivity index (χ2n) is 2.95. The molecule has 0 unspecified atom stereocenters. The Kier molecular flexibility index (Phi) is 3.30. The van der Waals surface area contributed by atoms with Crippen molar-refractivity contribution < 1.29 is 9.47 Å². The average molecular weight is 276 g/mol. The third-order valence-electron chi connectivity index (χ3n) is 1.86. The zero-order valence-corrected chi connectivity index (χ0v) is 10.1. The normalized spacial score (nSPS) is 16.4. The van der Waals surface area contributed by atoms with Crippen LogP contribution in [0.15, 0.2) is 21.8 Å². The molecule has 14 heavy (non-hydrogen) atoms. The van der Waals surface area contributed by atoms with Crippen molar-refractivity contribution in [3.05, 3.63) is 16.7 Å². The molecule has 0 N–H and O–H groups in total. The fourth-order valence-electron chi connectivity index (χ4n) is 1.10. The molecule has 2 heterocycles. The quantitative estimate of drug-likeness (QED) is 0.626. The minimum atomic E-state index is 0.207. The summed E-state index contributed by atoms with van der Waals surface area (Å²) in [5.41, 5.74) is 0. The summed E-state index contributed by atoms with van der Waals surface area (Å²) >= 11 is 4.95. The molecule has 3 nitrogen and oxygen atoms in total. The van der Waals surface area contributed by atoms with Crippen LogP contribution in [0, 0.1) is 0 Å². The van der Waals surface area contributed by atoms with Gasteiger partial charge in [0.2, 0.25) is 0 Å². The molecule has 1 fully saturated rings. The first-order valence-corrected chi connectivity index (χ1v) is 6.25. The van der Waals surface area contributed by atoms with Gasteiger partial charge in [0.1, 0.15) is 21.5 Å². The van der Waals surface area contributed by atoms with Crippen LogP contribution in [-0.4, -0.2) is 30.6 Å². The predicted molar refractivity (Wildman–Crippen MR) is 59.0 cm³/mol. The Morgan fingerprint density at radius 1 is 1.57 bits per heavy atom. The largest absolute Gasteiger partial charge is 0.485 e. The van der Waals surface area contributed by atoms with E-state index in [0.717, 1.165) is 15.4 Å². The molecule has 0 amide bonds. The molecule has 0 aromatic carbocycles. The van der Waals surface area contributed by atoms with Crippen molar-refractivity contribution in [1.82, 2.24) is 4.98 Å². The summed E-state index contributed by atoms with van der Waals surface area (Å²) in [5, 5.41) is 0.953. The summed E-state index contributed by atoms with van der Waals surface area (Å²) in [5.74, 6) is 0.851. The Bertz CT molecular complexity index is 331. The number of hydrogen-bond donors (Lipinski definition) is 0. The first-order chi connectivity index (χ1) is 6.78. The lowest BCUT2D eigenvalue weighted by molar-refractivity contribution is -0.0798. The molecule has 1 aliphatic rings. The second-order valence-corrected chi connectivity index (χ2v) is 4.58. The fourth-order valence-corrected chi connectivity index (χ4v) is 2.06. The lowest BCUT2D eigenvalue weighted by Crippen LogP contribution is -2.38. The van der Waals surface area contributed by atoms with Crippen molar-refractivity contribution in [1.29, 1.82) is 0 Å². The monoisotopic (exact) mass is 275 g/mol. The molecule has 1 saturated heterocycles. The maximum Gasteiger partial charge on any atom is 0.145 e. The Labute approximate surface area is 95.3 Å². The molecule has 0 bridgehead atoms. The van der Waals surface area contributed by atoms with E-state index in [2.05, 4.69) is 20.9 Å². The number of pyridine rings is 1. The molecule has 1 aliphatic heterocycles. The Morgan fingerprint density at radius 2 is 2.36 bits per heavy atom. The van der Waals surface area contributed by atoms with Gasteiger partial charge in [0.25, 0.3) is 0 Å². The van der Waals surface area contributed by atoms with Gasteiger partial charge in [-0.05, 0) is 22.2 Å². The van der Waals surface area contributed by atoms with Crippen molar-refractivity contribution >= 4 is 27.7 Å². The first-order valence-electron chi connectivity index (χ1n) is 4.24. The van der Waals surface area contributed by atoms with Crippen LogP contribution < -0.4 is 4.74 Å². The third-order valence-corrected chi connectivity index (χ3v) is 2.90. The highest BCUT2D eigenvalue weighted by atomic mass is 79.9. The number of hydrogen-bond acceptors (Lipinski definition) is 4. The smallest absolute Gasteiger partial charge is 0.145 e. The zero-order chi connectivity index (χ0) is 9.97. The summed E-state index contributed by atoms with van der Waals surface area (Å²) in [7, 11) is 0. The van der Waals surface area contributed by atoms with Crippen LogP contribution in [0.2, 0.25) is 0 Å². The van der Waals surface area contributed by atoms with Gasteiger partial charge in [0, 0.05) is 12.1 Å². The molecule has 0 atom stereocenters. The Balaban J connectivity index is 2.11. The van der Waals surface area contributed by atoms with Gasteiger partial charge >= 0.3 is 0 Å². The molecule has 5 heteroatoms. The van der Waals surface area contributed by atoms with Crippen molar-refractivity contribution in [2.75, 3.05) is 19.5 Å². The van der Waals surface area contributed by atoms with Crippen LogP contribution in [0.4, 0.5) is 0 Å². The van der Waals surface area contributed by atoms with Gasteiger partial charge in [-0.1, -0.05) is 0 Å². The molecule has 2 rings (SSSR count). The molecule has 1 aromatic heterocycles. The van der Waals surface area contributed by atoms with Crippen LogP contribution in [-0.2, 0) is 4.74 Å². The van der Waals surface area contributed by atoms with Crippen molar-refractivity contribution in [3.63, 3.8) is 0 Å². The van der Waals surface area contributed by atoms with Crippen LogP contribution in [0.1, 0.15) is 0 Å². The van der Waals surface area contributed by atoms with Gasteiger partial charge in [-0.15, -0.1) is 11.8 Å². The number of aromatic nitrogens is 1.